The average Bonchev–Trinajstić information content (AvgIpc) is 2.59. The molecule has 1 N–H and O–H groups in total. The predicted molar refractivity (Wildman–Crippen MR) is 92.0 cm³/mol. The quantitative estimate of drug-likeness (QED) is 0.700. The van der Waals surface area contributed by atoms with Crippen LogP contribution in [0.2, 0.25) is 0 Å². The molecule has 1 saturated heterocycles. The maximum atomic E-state index is 12.0. The zero-order valence-corrected chi connectivity index (χ0v) is 14.5. The van der Waals surface area contributed by atoms with Crippen molar-refractivity contribution >= 4 is 5.91 Å². The fourth-order valence-electron chi connectivity index (χ4n) is 3.69. The second-order valence-corrected chi connectivity index (χ2v) is 6.96. The van der Waals surface area contributed by atoms with E-state index in [1.807, 2.05) is 0 Å². The van der Waals surface area contributed by atoms with E-state index in [0.29, 0.717) is 11.8 Å². The van der Waals surface area contributed by atoms with Crippen LogP contribution in [0.3, 0.4) is 0 Å². The highest BCUT2D eigenvalue weighted by Gasteiger charge is 2.20. The van der Waals surface area contributed by atoms with Crippen molar-refractivity contribution in [1.29, 1.82) is 0 Å². The summed E-state index contributed by atoms with van der Waals surface area (Å²) in [5, 5.41) is 3.15. The molecule has 1 aliphatic carbocycles. The lowest BCUT2D eigenvalue weighted by Crippen LogP contribution is -2.46. The van der Waals surface area contributed by atoms with E-state index >= 15 is 0 Å². The third-order valence-corrected chi connectivity index (χ3v) is 5.34. The maximum Gasteiger partial charge on any atom is 0.223 e. The van der Waals surface area contributed by atoms with Gasteiger partial charge in [0.05, 0.1) is 0 Å². The molecular formula is C18H35N3O. The van der Waals surface area contributed by atoms with Gasteiger partial charge >= 0.3 is 0 Å². The Labute approximate surface area is 136 Å². The molecule has 1 aliphatic heterocycles. The molecule has 128 valence electrons. The number of carbonyl (C=O) groups excluding carboxylic acids is 1. The Hall–Kier alpha value is -0.610. The summed E-state index contributed by atoms with van der Waals surface area (Å²) >= 11 is 0. The maximum absolute atomic E-state index is 12.0. The molecule has 0 spiro atoms. The van der Waals surface area contributed by atoms with E-state index in [2.05, 4.69) is 22.0 Å². The van der Waals surface area contributed by atoms with Crippen LogP contribution in [0.1, 0.15) is 58.3 Å². The van der Waals surface area contributed by atoms with Crippen molar-refractivity contribution in [3.8, 4) is 0 Å². The second-order valence-electron chi connectivity index (χ2n) is 6.96. The molecule has 0 unspecified atom stereocenters. The Morgan fingerprint density at radius 3 is 2.32 bits per heavy atom. The summed E-state index contributed by atoms with van der Waals surface area (Å²) in [7, 11) is 0. The first-order valence-electron chi connectivity index (χ1n) is 9.52. The van der Waals surface area contributed by atoms with Crippen LogP contribution in [0.4, 0.5) is 0 Å². The van der Waals surface area contributed by atoms with Crippen LogP contribution < -0.4 is 5.32 Å². The minimum absolute atomic E-state index is 0.309. The molecule has 0 radical (unpaired) electrons. The van der Waals surface area contributed by atoms with Crippen LogP contribution in [-0.4, -0.2) is 61.5 Å². The first-order valence-corrected chi connectivity index (χ1v) is 9.52. The third kappa shape index (κ3) is 6.25. The molecule has 1 saturated carbocycles. The first kappa shape index (κ1) is 17.7. The molecule has 2 rings (SSSR count). The second kappa shape index (κ2) is 10.2. The van der Waals surface area contributed by atoms with Gasteiger partial charge in [0.15, 0.2) is 0 Å². The Bertz CT molecular complexity index is 307. The van der Waals surface area contributed by atoms with E-state index in [-0.39, 0.29) is 0 Å². The minimum atomic E-state index is 0.309. The van der Waals surface area contributed by atoms with E-state index in [9.17, 15) is 4.79 Å². The van der Waals surface area contributed by atoms with Crippen LogP contribution in [-0.2, 0) is 4.79 Å². The number of hydrogen-bond acceptors (Lipinski definition) is 3. The van der Waals surface area contributed by atoms with Gasteiger partial charge in [-0.3, -0.25) is 4.79 Å². The average molecular weight is 309 g/mol. The molecule has 2 fully saturated rings. The van der Waals surface area contributed by atoms with Crippen molar-refractivity contribution in [2.45, 2.75) is 58.3 Å². The van der Waals surface area contributed by atoms with Crippen LogP contribution in [0.25, 0.3) is 0 Å². The molecule has 4 heteroatoms. The van der Waals surface area contributed by atoms with Crippen molar-refractivity contribution in [3.63, 3.8) is 0 Å². The lowest BCUT2D eigenvalue weighted by molar-refractivity contribution is -0.125. The molecule has 4 nitrogen and oxygen atoms in total. The highest BCUT2D eigenvalue weighted by molar-refractivity contribution is 5.78. The van der Waals surface area contributed by atoms with Crippen molar-refractivity contribution in [1.82, 2.24) is 15.1 Å². The van der Waals surface area contributed by atoms with E-state index in [0.717, 1.165) is 25.8 Å². The predicted octanol–water partition coefficient (Wildman–Crippen LogP) is 2.49. The molecule has 0 bridgehead atoms. The summed E-state index contributed by atoms with van der Waals surface area (Å²) in [5.74, 6) is 0.624. The van der Waals surface area contributed by atoms with Gasteiger partial charge in [-0.2, -0.15) is 0 Å². The summed E-state index contributed by atoms with van der Waals surface area (Å²) in [6.45, 7) is 10.5. The van der Waals surface area contributed by atoms with Crippen LogP contribution >= 0.6 is 0 Å². The van der Waals surface area contributed by atoms with E-state index in [4.69, 9.17) is 0 Å². The van der Waals surface area contributed by atoms with Gasteiger partial charge in [-0.15, -0.1) is 0 Å². The Balaban J connectivity index is 1.43. The molecule has 0 aromatic heterocycles. The highest BCUT2D eigenvalue weighted by Crippen LogP contribution is 2.23. The molecule has 1 amide bonds. The van der Waals surface area contributed by atoms with Gasteiger partial charge in [-0.05, 0) is 38.8 Å². The number of unbranched alkanes of at least 4 members (excludes halogenated alkanes) is 2. The van der Waals surface area contributed by atoms with E-state index in [1.165, 1.54) is 71.4 Å². The number of rotatable bonds is 8. The number of nitrogens with one attached hydrogen (secondary N) is 1. The number of piperazine rings is 1. The summed E-state index contributed by atoms with van der Waals surface area (Å²) in [4.78, 5) is 17.1. The molecule has 1 heterocycles. The van der Waals surface area contributed by atoms with Gasteiger partial charge in [-0.25, -0.2) is 0 Å². The van der Waals surface area contributed by atoms with Crippen molar-refractivity contribution in [2.24, 2.45) is 5.92 Å². The number of amides is 1. The van der Waals surface area contributed by atoms with Crippen molar-refractivity contribution in [2.75, 3.05) is 45.8 Å². The van der Waals surface area contributed by atoms with Gasteiger partial charge in [0.25, 0.3) is 0 Å². The monoisotopic (exact) mass is 309 g/mol. The summed E-state index contributed by atoms with van der Waals surface area (Å²) in [5.41, 5.74) is 0. The Morgan fingerprint density at radius 1 is 0.955 bits per heavy atom. The number of hydrogen-bond donors (Lipinski definition) is 1. The molecular weight excluding hydrogens is 274 g/mol. The van der Waals surface area contributed by atoms with Crippen LogP contribution in [0.15, 0.2) is 0 Å². The Morgan fingerprint density at radius 2 is 1.64 bits per heavy atom. The van der Waals surface area contributed by atoms with Crippen LogP contribution in [0, 0.1) is 5.92 Å². The SMILES string of the molecule is CCN1CCN(CCCCCNC(=O)C2CCCCC2)CC1. The number of nitrogens with zero attached hydrogens (tertiary/aromatic N) is 2. The topological polar surface area (TPSA) is 35.6 Å². The van der Waals surface area contributed by atoms with Gasteiger partial charge in [0.1, 0.15) is 0 Å². The van der Waals surface area contributed by atoms with Crippen molar-refractivity contribution in [3.05, 3.63) is 0 Å². The van der Waals surface area contributed by atoms with E-state index in [1.54, 1.807) is 0 Å². The van der Waals surface area contributed by atoms with Crippen molar-refractivity contribution < 1.29 is 4.79 Å². The smallest absolute Gasteiger partial charge is 0.223 e. The minimum Gasteiger partial charge on any atom is -0.356 e. The third-order valence-electron chi connectivity index (χ3n) is 5.34. The van der Waals surface area contributed by atoms with Gasteiger partial charge in [0, 0.05) is 38.6 Å². The van der Waals surface area contributed by atoms with E-state index < -0.39 is 0 Å². The lowest BCUT2D eigenvalue weighted by atomic mass is 9.89. The zero-order chi connectivity index (χ0) is 15.6. The van der Waals surface area contributed by atoms with Gasteiger partial charge in [0.2, 0.25) is 5.91 Å². The fourth-order valence-corrected chi connectivity index (χ4v) is 3.69. The van der Waals surface area contributed by atoms with Gasteiger partial charge in [-0.1, -0.05) is 32.6 Å². The summed E-state index contributed by atoms with van der Waals surface area (Å²) in [6.07, 6.45) is 9.64. The summed E-state index contributed by atoms with van der Waals surface area (Å²) in [6, 6.07) is 0. The highest BCUT2D eigenvalue weighted by atomic mass is 16.1. The number of carbonyl (C=O) groups is 1. The molecule has 22 heavy (non-hydrogen) atoms. The first-order chi connectivity index (χ1) is 10.8. The molecule has 0 aromatic rings. The van der Waals surface area contributed by atoms with Crippen LogP contribution in [0.5, 0.6) is 0 Å². The summed E-state index contributed by atoms with van der Waals surface area (Å²) < 4.78 is 0. The number of likely N-dealkylation sites (N-methyl/N-ethyl adjacent to an activating group) is 1. The zero-order valence-electron chi connectivity index (χ0n) is 14.5. The Kier molecular flexibility index (Phi) is 8.24. The largest absolute Gasteiger partial charge is 0.356 e. The fraction of sp³-hybridized carbons (Fsp3) is 0.944. The molecule has 0 atom stereocenters. The van der Waals surface area contributed by atoms with Gasteiger partial charge < -0.3 is 15.1 Å². The normalized spacial score (nSPS) is 21.9. The standard InChI is InChI=1S/C18H35N3O/c1-2-20-13-15-21(16-14-20)12-8-4-7-11-19-18(22)17-9-5-3-6-10-17/h17H,2-16H2,1H3,(H,19,22). The molecule has 2 aliphatic rings. The molecule has 0 aromatic carbocycles. The lowest BCUT2D eigenvalue weighted by Gasteiger charge is -2.34.